The lowest BCUT2D eigenvalue weighted by atomic mass is 10.1. The summed E-state index contributed by atoms with van der Waals surface area (Å²) in [5, 5.41) is 1.31. The van der Waals surface area contributed by atoms with E-state index in [1.807, 2.05) is 17.5 Å². The van der Waals surface area contributed by atoms with Gasteiger partial charge in [-0.3, -0.25) is 4.79 Å². The zero-order chi connectivity index (χ0) is 18.7. The van der Waals surface area contributed by atoms with Crippen molar-refractivity contribution in [1.29, 1.82) is 0 Å². The van der Waals surface area contributed by atoms with Gasteiger partial charge in [0.2, 0.25) is 0 Å². The third kappa shape index (κ3) is 3.81. The van der Waals surface area contributed by atoms with Crippen molar-refractivity contribution in [2.24, 2.45) is 0 Å². The maximum Gasteiger partial charge on any atom is 0.337 e. The predicted octanol–water partition coefficient (Wildman–Crippen LogP) is 2.54. The van der Waals surface area contributed by atoms with Gasteiger partial charge >= 0.3 is 5.97 Å². The number of benzene rings is 1. The van der Waals surface area contributed by atoms with Crippen molar-refractivity contribution in [3.8, 4) is 0 Å². The Morgan fingerprint density at radius 3 is 2.42 bits per heavy atom. The normalized spacial score (nSPS) is 19.6. The molecule has 138 valence electrons. The van der Waals surface area contributed by atoms with Gasteiger partial charge in [-0.15, -0.1) is 11.3 Å². The number of nitrogens with zero attached hydrogens (tertiary/aromatic N) is 1. The van der Waals surface area contributed by atoms with Gasteiger partial charge in [0.15, 0.2) is 9.84 Å². The van der Waals surface area contributed by atoms with Gasteiger partial charge in [0.25, 0.3) is 5.91 Å². The third-order valence-corrected chi connectivity index (χ3v) is 7.68. The summed E-state index contributed by atoms with van der Waals surface area (Å²) < 4.78 is 29.8. The summed E-state index contributed by atoms with van der Waals surface area (Å²) >= 11 is 1.43. The summed E-state index contributed by atoms with van der Waals surface area (Å²) in [5.41, 5.74) is 0.782. The fourth-order valence-corrected chi connectivity index (χ4v) is 5.99. The minimum atomic E-state index is -3.30. The number of hydrogen-bond acceptors (Lipinski definition) is 6. The molecule has 1 saturated heterocycles. The van der Waals surface area contributed by atoms with E-state index < -0.39 is 21.1 Å². The Bertz CT molecular complexity index is 888. The van der Waals surface area contributed by atoms with Crippen LogP contribution < -0.4 is 0 Å². The van der Waals surface area contributed by atoms with Crippen LogP contribution in [-0.4, -0.2) is 51.1 Å². The van der Waals surface area contributed by atoms with Crippen molar-refractivity contribution in [1.82, 2.24) is 4.90 Å². The van der Waals surface area contributed by atoms with Crippen LogP contribution >= 0.6 is 11.3 Å². The Kier molecular flexibility index (Phi) is 5.43. The van der Waals surface area contributed by atoms with E-state index in [-0.39, 0.29) is 18.2 Å². The second-order valence-electron chi connectivity index (χ2n) is 6.02. The molecule has 0 bridgehead atoms. The number of hydrogen-bond donors (Lipinski definition) is 0. The molecule has 0 spiro atoms. The van der Waals surface area contributed by atoms with Gasteiger partial charge < -0.3 is 9.64 Å². The maximum atomic E-state index is 12.7. The van der Waals surface area contributed by atoms with Crippen molar-refractivity contribution < 1.29 is 22.7 Å². The van der Waals surface area contributed by atoms with Crippen LogP contribution in [0.15, 0.2) is 41.8 Å². The minimum absolute atomic E-state index is 0.0540. The molecule has 0 aliphatic carbocycles. The van der Waals surface area contributed by atoms with E-state index in [0.29, 0.717) is 24.1 Å². The highest BCUT2D eigenvalue weighted by atomic mass is 32.2. The summed E-state index contributed by atoms with van der Waals surface area (Å²) in [7, 11) is -2.00. The highest BCUT2D eigenvalue weighted by molar-refractivity contribution is 7.91. The van der Waals surface area contributed by atoms with Crippen LogP contribution in [0.1, 0.15) is 37.3 Å². The molecule has 1 atom stereocenters. The SMILES string of the molecule is COC(=O)c1ccc(C(=O)N2CCC(c3cccs3)S(=O)(=O)CC2)cc1. The highest BCUT2D eigenvalue weighted by Gasteiger charge is 2.33. The lowest BCUT2D eigenvalue weighted by Gasteiger charge is -2.20. The molecule has 3 rings (SSSR count). The van der Waals surface area contributed by atoms with E-state index in [1.165, 1.54) is 30.6 Å². The average molecular weight is 393 g/mol. The van der Waals surface area contributed by atoms with E-state index in [9.17, 15) is 18.0 Å². The summed E-state index contributed by atoms with van der Waals surface area (Å²) in [4.78, 5) is 26.6. The summed E-state index contributed by atoms with van der Waals surface area (Å²) in [6.45, 7) is 0.543. The van der Waals surface area contributed by atoms with E-state index in [4.69, 9.17) is 0 Å². The molecule has 1 aliphatic heterocycles. The molecule has 1 aromatic carbocycles. The molecule has 1 unspecified atom stereocenters. The number of methoxy groups -OCH3 is 1. The fraction of sp³-hybridized carbons (Fsp3) is 0.333. The Hall–Kier alpha value is -2.19. The van der Waals surface area contributed by atoms with E-state index >= 15 is 0 Å². The highest BCUT2D eigenvalue weighted by Crippen LogP contribution is 2.32. The molecule has 1 aliphatic rings. The van der Waals surface area contributed by atoms with E-state index in [1.54, 1.807) is 17.0 Å². The van der Waals surface area contributed by atoms with E-state index in [0.717, 1.165) is 4.88 Å². The topological polar surface area (TPSA) is 80.8 Å². The molecule has 2 heterocycles. The molecular formula is C18H19NO5S2. The smallest absolute Gasteiger partial charge is 0.337 e. The molecule has 26 heavy (non-hydrogen) atoms. The van der Waals surface area contributed by atoms with Crippen LogP contribution in [-0.2, 0) is 14.6 Å². The average Bonchev–Trinajstić information content (AvgIpc) is 3.12. The molecule has 1 amide bonds. The zero-order valence-electron chi connectivity index (χ0n) is 14.3. The first kappa shape index (κ1) is 18.6. The number of sulfone groups is 1. The Morgan fingerprint density at radius 2 is 1.81 bits per heavy atom. The summed E-state index contributed by atoms with van der Waals surface area (Å²) in [6, 6.07) is 9.85. The Balaban J connectivity index is 1.76. The van der Waals surface area contributed by atoms with Crippen molar-refractivity contribution in [2.75, 3.05) is 26.0 Å². The van der Waals surface area contributed by atoms with Crippen LogP contribution in [0.5, 0.6) is 0 Å². The molecule has 1 fully saturated rings. The first-order valence-corrected chi connectivity index (χ1v) is 10.7. The standard InChI is InChI=1S/C18H19NO5S2/c1-24-18(21)14-6-4-13(5-7-14)17(20)19-9-8-16(15-3-2-11-25-15)26(22,23)12-10-19/h2-7,11,16H,8-10,12H2,1H3. The molecule has 1 aromatic heterocycles. The number of esters is 1. The third-order valence-electron chi connectivity index (χ3n) is 4.44. The fourth-order valence-electron chi connectivity index (χ4n) is 2.99. The Labute approximate surface area is 156 Å². The zero-order valence-corrected chi connectivity index (χ0v) is 15.9. The number of thiophene rings is 1. The number of amides is 1. The second-order valence-corrected chi connectivity index (χ2v) is 9.30. The molecule has 8 heteroatoms. The van der Waals surface area contributed by atoms with Crippen LogP contribution in [0.3, 0.4) is 0 Å². The molecule has 2 aromatic rings. The van der Waals surface area contributed by atoms with Gasteiger partial charge in [-0.1, -0.05) is 6.07 Å². The summed E-state index contributed by atoms with van der Waals surface area (Å²) in [6.07, 6.45) is 0.384. The van der Waals surface area contributed by atoms with Crippen LogP contribution in [0.25, 0.3) is 0 Å². The summed E-state index contributed by atoms with van der Waals surface area (Å²) in [5.74, 6) is -0.756. The number of ether oxygens (including phenoxy) is 1. The van der Waals surface area contributed by atoms with Crippen LogP contribution in [0.2, 0.25) is 0 Å². The van der Waals surface area contributed by atoms with Gasteiger partial charge in [-0.25, -0.2) is 13.2 Å². The van der Waals surface area contributed by atoms with Crippen molar-refractivity contribution >= 4 is 33.1 Å². The van der Waals surface area contributed by atoms with Gasteiger partial charge in [0.1, 0.15) is 0 Å². The monoisotopic (exact) mass is 393 g/mol. The van der Waals surface area contributed by atoms with E-state index in [2.05, 4.69) is 4.74 Å². The van der Waals surface area contributed by atoms with Crippen LogP contribution in [0, 0.1) is 0 Å². The lowest BCUT2D eigenvalue weighted by Crippen LogP contribution is -2.33. The molecular weight excluding hydrogens is 374 g/mol. The first-order valence-electron chi connectivity index (χ1n) is 8.15. The van der Waals surface area contributed by atoms with Gasteiger partial charge in [-0.05, 0) is 42.1 Å². The van der Waals surface area contributed by atoms with Gasteiger partial charge in [-0.2, -0.15) is 0 Å². The maximum absolute atomic E-state index is 12.7. The van der Waals surface area contributed by atoms with Gasteiger partial charge in [0.05, 0.1) is 23.7 Å². The second kappa shape index (κ2) is 7.59. The Morgan fingerprint density at radius 1 is 1.12 bits per heavy atom. The van der Waals surface area contributed by atoms with Crippen LogP contribution in [0.4, 0.5) is 0 Å². The predicted molar refractivity (Wildman–Crippen MR) is 99.1 cm³/mol. The minimum Gasteiger partial charge on any atom is -0.465 e. The van der Waals surface area contributed by atoms with Crippen molar-refractivity contribution in [3.05, 3.63) is 57.8 Å². The lowest BCUT2D eigenvalue weighted by molar-refractivity contribution is 0.0599. The molecule has 0 saturated carbocycles. The number of carbonyl (C=O) groups is 2. The first-order chi connectivity index (χ1) is 12.4. The number of rotatable bonds is 3. The largest absolute Gasteiger partial charge is 0.465 e. The molecule has 6 nitrogen and oxygen atoms in total. The molecule has 0 N–H and O–H groups in total. The molecule has 0 radical (unpaired) electrons. The van der Waals surface area contributed by atoms with Crippen molar-refractivity contribution in [3.63, 3.8) is 0 Å². The number of carbonyl (C=O) groups excluding carboxylic acids is 2. The van der Waals surface area contributed by atoms with Gasteiger partial charge in [0, 0.05) is 23.5 Å². The quantitative estimate of drug-likeness (QED) is 0.749. The van der Waals surface area contributed by atoms with Crippen molar-refractivity contribution in [2.45, 2.75) is 11.7 Å².